The Hall–Kier alpha value is -2.27. The molecule has 0 aliphatic heterocycles. The molecule has 0 unspecified atom stereocenters. The summed E-state index contributed by atoms with van der Waals surface area (Å²) in [5.41, 5.74) is 3.32. The Morgan fingerprint density at radius 2 is 1.70 bits per heavy atom. The van der Waals surface area contributed by atoms with Crippen LogP contribution in [-0.2, 0) is 0 Å². The molecule has 4 nitrogen and oxygen atoms in total. The maximum atomic E-state index is 5.23. The fourth-order valence-electron chi connectivity index (χ4n) is 2.35. The lowest BCUT2D eigenvalue weighted by Crippen LogP contribution is -1.99. The molecule has 3 rings (SSSR count). The van der Waals surface area contributed by atoms with Gasteiger partial charge in [-0.05, 0) is 49.1 Å². The first-order valence-electron chi connectivity index (χ1n) is 7.52. The van der Waals surface area contributed by atoms with Crippen molar-refractivity contribution in [2.45, 2.75) is 19.0 Å². The number of ether oxygens (including phenoxy) is 1. The molecule has 0 aliphatic rings. The van der Waals surface area contributed by atoms with Crippen LogP contribution >= 0.6 is 11.8 Å². The third-order valence-electron chi connectivity index (χ3n) is 3.55. The minimum atomic E-state index is 0.832. The summed E-state index contributed by atoms with van der Waals surface area (Å²) in [5.74, 6) is 2.62. The second-order valence-electron chi connectivity index (χ2n) is 5.14. The van der Waals surface area contributed by atoms with Crippen LogP contribution in [0.4, 0.5) is 0 Å². The van der Waals surface area contributed by atoms with Gasteiger partial charge in [0.15, 0.2) is 11.0 Å². The largest absolute Gasteiger partial charge is 0.497 e. The Morgan fingerprint density at radius 1 is 1.00 bits per heavy atom. The Balaban J connectivity index is 2.11. The van der Waals surface area contributed by atoms with Gasteiger partial charge in [-0.15, -0.1) is 10.2 Å². The van der Waals surface area contributed by atoms with Gasteiger partial charge in [-0.25, -0.2) is 0 Å². The highest BCUT2D eigenvalue weighted by Crippen LogP contribution is 2.28. The van der Waals surface area contributed by atoms with Crippen molar-refractivity contribution in [3.8, 4) is 22.8 Å². The molecule has 0 bridgehead atoms. The third-order valence-corrected chi connectivity index (χ3v) is 4.36. The molecular formula is C18H19N3OS. The Bertz CT molecular complexity index is 779. The Kier molecular flexibility index (Phi) is 4.67. The summed E-state index contributed by atoms with van der Waals surface area (Å²) in [6, 6.07) is 16.3. The Morgan fingerprint density at radius 3 is 2.30 bits per heavy atom. The standard InChI is InChI=1S/C18H19N3OS/c1-4-23-18-20-19-17(14-7-11-16(22-3)12-8-14)21(18)15-9-5-13(2)6-10-15/h5-12H,4H2,1-3H3. The van der Waals surface area contributed by atoms with E-state index in [1.807, 2.05) is 24.3 Å². The molecule has 118 valence electrons. The van der Waals surface area contributed by atoms with Crippen LogP contribution in [0.5, 0.6) is 5.75 Å². The van der Waals surface area contributed by atoms with Crippen LogP contribution in [0.15, 0.2) is 53.7 Å². The monoisotopic (exact) mass is 325 g/mol. The van der Waals surface area contributed by atoms with Crippen LogP contribution in [-0.4, -0.2) is 27.6 Å². The smallest absolute Gasteiger partial charge is 0.196 e. The highest BCUT2D eigenvalue weighted by Gasteiger charge is 2.15. The molecule has 23 heavy (non-hydrogen) atoms. The number of thioether (sulfide) groups is 1. The number of hydrogen-bond acceptors (Lipinski definition) is 4. The van der Waals surface area contributed by atoms with Gasteiger partial charge in [0.25, 0.3) is 0 Å². The topological polar surface area (TPSA) is 39.9 Å². The molecule has 1 aromatic heterocycles. The number of nitrogens with zero attached hydrogens (tertiary/aromatic N) is 3. The number of hydrogen-bond donors (Lipinski definition) is 0. The van der Waals surface area contributed by atoms with Crippen LogP contribution in [0.25, 0.3) is 17.1 Å². The van der Waals surface area contributed by atoms with Crippen LogP contribution in [0.1, 0.15) is 12.5 Å². The minimum Gasteiger partial charge on any atom is -0.497 e. The van der Waals surface area contributed by atoms with E-state index in [4.69, 9.17) is 4.74 Å². The second-order valence-corrected chi connectivity index (χ2v) is 6.37. The number of aryl methyl sites for hydroxylation is 1. The first kappa shape index (κ1) is 15.6. The van der Waals surface area contributed by atoms with E-state index in [9.17, 15) is 0 Å². The molecule has 0 fully saturated rings. The predicted octanol–water partition coefficient (Wildman–Crippen LogP) is 4.36. The summed E-state index contributed by atoms with van der Waals surface area (Å²) in [6.45, 7) is 4.20. The molecule has 0 saturated heterocycles. The molecule has 0 atom stereocenters. The number of methoxy groups -OCH3 is 1. The van der Waals surface area contributed by atoms with E-state index in [1.165, 1.54) is 5.56 Å². The van der Waals surface area contributed by atoms with Crippen molar-refractivity contribution in [2.75, 3.05) is 12.9 Å². The molecule has 0 N–H and O–H groups in total. The quantitative estimate of drug-likeness (QED) is 0.653. The summed E-state index contributed by atoms with van der Waals surface area (Å²) in [4.78, 5) is 0. The lowest BCUT2D eigenvalue weighted by Gasteiger charge is -2.10. The molecule has 0 spiro atoms. The molecule has 0 saturated carbocycles. The van der Waals surface area contributed by atoms with E-state index in [1.54, 1.807) is 18.9 Å². The average molecular weight is 325 g/mol. The van der Waals surface area contributed by atoms with Gasteiger partial charge in [0.1, 0.15) is 5.75 Å². The molecule has 3 aromatic rings. The minimum absolute atomic E-state index is 0.832. The summed E-state index contributed by atoms with van der Waals surface area (Å²) < 4.78 is 7.34. The second kappa shape index (κ2) is 6.87. The lowest BCUT2D eigenvalue weighted by molar-refractivity contribution is 0.415. The van der Waals surface area contributed by atoms with Crippen molar-refractivity contribution in [1.29, 1.82) is 0 Å². The van der Waals surface area contributed by atoms with Crippen LogP contribution in [0, 0.1) is 6.92 Å². The lowest BCUT2D eigenvalue weighted by atomic mass is 10.2. The fraction of sp³-hybridized carbons (Fsp3) is 0.222. The highest BCUT2D eigenvalue weighted by atomic mass is 32.2. The zero-order valence-electron chi connectivity index (χ0n) is 13.5. The van der Waals surface area contributed by atoms with Gasteiger partial charge in [-0.2, -0.15) is 0 Å². The molecule has 2 aromatic carbocycles. The van der Waals surface area contributed by atoms with Crippen LogP contribution < -0.4 is 4.74 Å². The maximum absolute atomic E-state index is 5.23. The predicted molar refractivity (Wildman–Crippen MR) is 94.5 cm³/mol. The fourth-order valence-corrected chi connectivity index (χ4v) is 3.02. The summed E-state index contributed by atoms with van der Waals surface area (Å²) in [6.07, 6.45) is 0. The van der Waals surface area contributed by atoms with Gasteiger partial charge >= 0.3 is 0 Å². The molecule has 0 aliphatic carbocycles. The number of rotatable bonds is 5. The molecule has 0 radical (unpaired) electrons. The van der Waals surface area contributed by atoms with Crippen molar-refractivity contribution in [3.05, 3.63) is 54.1 Å². The molecular weight excluding hydrogens is 306 g/mol. The number of aromatic nitrogens is 3. The first-order valence-corrected chi connectivity index (χ1v) is 8.51. The van der Waals surface area contributed by atoms with E-state index in [2.05, 4.69) is 52.9 Å². The van der Waals surface area contributed by atoms with Gasteiger partial charge in [-0.3, -0.25) is 4.57 Å². The van der Waals surface area contributed by atoms with Gasteiger partial charge < -0.3 is 4.74 Å². The normalized spacial score (nSPS) is 10.7. The molecule has 5 heteroatoms. The van der Waals surface area contributed by atoms with Crippen molar-refractivity contribution in [1.82, 2.24) is 14.8 Å². The zero-order valence-corrected chi connectivity index (χ0v) is 14.3. The van der Waals surface area contributed by atoms with Gasteiger partial charge in [0, 0.05) is 11.3 Å². The van der Waals surface area contributed by atoms with E-state index < -0.39 is 0 Å². The summed E-state index contributed by atoms with van der Waals surface area (Å²) in [7, 11) is 1.67. The van der Waals surface area contributed by atoms with E-state index in [-0.39, 0.29) is 0 Å². The zero-order chi connectivity index (χ0) is 16.2. The third kappa shape index (κ3) is 3.24. The van der Waals surface area contributed by atoms with Crippen molar-refractivity contribution < 1.29 is 4.74 Å². The van der Waals surface area contributed by atoms with E-state index in [0.29, 0.717) is 0 Å². The SMILES string of the molecule is CCSc1nnc(-c2ccc(OC)cc2)n1-c1ccc(C)cc1. The van der Waals surface area contributed by atoms with Crippen molar-refractivity contribution in [2.24, 2.45) is 0 Å². The Labute approximate surface area is 140 Å². The average Bonchev–Trinajstić information content (AvgIpc) is 3.00. The van der Waals surface area contributed by atoms with Gasteiger partial charge in [-0.1, -0.05) is 36.4 Å². The van der Waals surface area contributed by atoms with Crippen molar-refractivity contribution in [3.63, 3.8) is 0 Å². The van der Waals surface area contributed by atoms with Crippen LogP contribution in [0.2, 0.25) is 0 Å². The summed E-state index contributed by atoms with van der Waals surface area (Å²) >= 11 is 1.69. The van der Waals surface area contributed by atoms with E-state index in [0.717, 1.165) is 33.7 Å². The molecule has 1 heterocycles. The van der Waals surface area contributed by atoms with Crippen molar-refractivity contribution >= 4 is 11.8 Å². The van der Waals surface area contributed by atoms with Gasteiger partial charge in [0.2, 0.25) is 0 Å². The highest BCUT2D eigenvalue weighted by molar-refractivity contribution is 7.99. The number of benzene rings is 2. The summed E-state index contributed by atoms with van der Waals surface area (Å²) in [5, 5.41) is 9.68. The first-order chi connectivity index (χ1) is 11.2. The van der Waals surface area contributed by atoms with Gasteiger partial charge in [0.05, 0.1) is 7.11 Å². The van der Waals surface area contributed by atoms with Crippen LogP contribution in [0.3, 0.4) is 0 Å². The molecule has 0 amide bonds. The maximum Gasteiger partial charge on any atom is 0.196 e. The van der Waals surface area contributed by atoms with E-state index >= 15 is 0 Å².